The van der Waals surface area contributed by atoms with E-state index in [1.807, 2.05) is 24.4 Å². The zero-order valence-electron chi connectivity index (χ0n) is 6.53. The molecule has 2 rings (SSSR count). The first-order valence-corrected chi connectivity index (χ1v) is 4.91. The summed E-state index contributed by atoms with van der Waals surface area (Å²) in [7, 11) is 0. The van der Waals surface area contributed by atoms with Gasteiger partial charge in [0.05, 0.1) is 9.60 Å². The molecular weight excluding hydrogens is 188 g/mol. The molecule has 1 aromatic heterocycles. The Kier molecular flexibility index (Phi) is 1.77. The quantitative estimate of drug-likeness (QED) is 0.620. The van der Waals surface area contributed by atoms with Crippen molar-refractivity contribution in [3.8, 4) is 5.75 Å². The topological polar surface area (TPSA) is 20.2 Å². The number of aryl methyl sites for hydroxylation is 1. The molecule has 0 atom stereocenters. The molecule has 0 bridgehead atoms. The molecule has 0 aliphatic heterocycles. The summed E-state index contributed by atoms with van der Waals surface area (Å²) < 4.78 is 1.06. The number of thiophene rings is 1. The summed E-state index contributed by atoms with van der Waals surface area (Å²) in [5, 5.41) is 12.7. The summed E-state index contributed by atoms with van der Waals surface area (Å²) in [5.74, 6) is 0.299. The van der Waals surface area contributed by atoms with E-state index in [1.54, 1.807) is 11.3 Å². The highest BCUT2D eigenvalue weighted by Gasteiger charge is 2.07. The van der Waals surface area contributed by atoms with Gasteiger partial charge in [0.1, 0.15) is 5.75 Å². The lowest BCUT2D eigenvalue weighted by Gasteiger charge is -2.02. The van der Waals surface area contributed by atoms with E-state index in [0.717, 1.165) is 15.6 Å². The Morgan fingerprint density at radius 3 is 3.00 bits per heavy atom. The van der Waals surface area contributed by atoms with Crippen molar-refractivity contribution < 1.29 is 5.11 Å². The third-order valence-corrected chi connectivity index (χ3v) is 3.41. The van der Waals surface area contributed by atoms with Crippen LogP contribution in [0.2, 0.25) is 0 Å². The molecule has 3 heteroatoms. The molecule has 0 aliphatic rings. The molecule has 0 radical (unpaired) electrons. The van der Waals surface area contributed by atoms with Gasteiger partial charge in [-0.05, 0) is 35.4 Å². The molecule has 1 heterocycles. The highest BCUT2D eigenvalue weighted by atomic mass is 32.1. The summed E-state index contributed by atoms with van der Waals surface area (Å²) in [5.41, 5.74) is 0.880. The normalized spacial score (nSPS) is 10.8. The fraction of sp³-hybridized carbons (Fsp3) is 0.111. The first-order chi connectivity index (χ1) is 5.70. The predicted octanol–water partition coefficient (Wildman–Crippen LogP) is 3.20. The summed E-state index contributed by atoms with van der Waals surface area (Å²) in [6.45, 7) is 1.88. The van der Waals surface area contributed by atoms with Gasteiger partial charge in [-0.15, -0.1) is 24.0 Å². The Hall–Kier alpha value is -0.670. The van der Waals surface area contributed by atoms with E-state index in [1.165, 1.54) is 0 Å². The van der Waals surface area contributed by atoms with Gasteiger partial charge >= 0.3 is 0 Å². The van der Waals surface area contributed by atoms with Gasteiger partial charge in [0.15, 0.2) is 0 Å². The molecule has 0 fully saturated rings. The molecule has 0 aliphatic carbocycles. The van der Waals surface area contributed by atoms with Crippen LogP contribution in [0.25, 0.3) is 10.1 Å². The second kappa shape index (κ2) is 2.68. The van der Waals surface area contributed by atoms with Crippen LogP contribution in [-0.4, -0.2) is 5.11 Å². The molecule has 0 saturated heterocycles. The number of aromatic hydroxyl groups is 1. The average Bonchev–Trinajstić information content (AvgIpc) is 2.48. The number of hydrogen-bond donors (Lipinski definition) is 2. The van der Waals surface area contributed by atoms with Crippen molar-refractivity contribution in [1.82, 2.24) is 0 Å². The van der Waals surface area contributed by atoms with E-state index in [9.17, 15) is 5.11 Å². The Morgan fingerprint density at radius 2 is 2.25 bits per heavy atom. The standard InChI is InChI=1S/C9H8OS2/c1-5-4-6-2-3-12-9(6)8(11)7(5)10/h2-4,10-11H,1H3. The van der Waals surface area contributed by atoms with Crippen LogP contribution in [0.15, 0.2) is 22.4 Å². The van der Waals surface area contributed by atoms with Crippen molar-refractivity contribution in [2.45, 2.75) is 11.8 Å². The van der Waals surface area contributed by atoms with Crippen LogP contribution in [0, 0.1) is 6.92 Å². The van der Waals surface area contributed by atoms with Gasteiger partial charge in [-0.2, -0.15) is 0 Å². The zero-order valence-corrected chi connectivity index (χ0v) is 8.25. The minimum absolute atomic E-state index is 0.299. The monoisotopic (exact) mass is 196 g/mol. The maximum absolute atomic E-state index is 9.55. The number of fused-ring (bicyclic) bond motifs is 1. The fourth-order valence-corrected chi connectivity index (χ4v) is 2.51. The van der Waals surface area contributed by atoms with Gasteiger partial charge in [0.25, 0.3) is 0 Å². The maximum atomic E-state index is 9.55. The van der Waals surface area contributed by atoms with Crippen molar-refractivity contribution in [1.29, 1.82) is 0 Å². The van der Waals surface area contributed by atoms with E-state index >= 15 is 0 Å². The number of phenolic OH excluding ortho intramolecular Hbond substituents is 1. The summed E-state index contributed by atoms with van der Waals surface area (Å²) in [6.07, 6.45) is 0. The molecular formula is C9H8OS2. The van der Waals surface area contributed by atoms with Gasteiger partial charge in [0.2, 0.25) is 0 Å². The van der Waals surface area contributed by atoms with Crippen LogP contribution in [0.5, 0.6) is 5.75 Å². The van der Waals surface area contributed by atoms with E-state index in [4.69, 9.17) is 0 Å². The minimum Gasteiger partial charge on any atom is -0.506 e. The fourth-order valence-electron chi connectivity index (χ4n) is 1.22. The Balaban J connectivity index is 2.94. The highest BCUT2D eigenvalue weighted by molar-refractivity contribution is 7.81. The van der Waals surface area contributed by atoms with Gasteiger partial charge in [0, 0.05) is 0 Å². The van der Waals surface area contributed by atoms with Crippen molar-refractivity contribution in [2.75, 3.05) is 0 Å². The molecule has 1 nitrogen and oxygen atoms in total. The van der Waals surface area contributed by atoms with Crippen LogP contribution in [-0.2, 0) is 0 Å². The SMILES string of the molecule is Cc1cc2ccsc2c(S)c1O. The number of thiol groups is 1. The number of benzene rings is 1. The summed E-state index contributed by atoms with van der Waals surface area (Å²) >= 11 is 5.86. The number of rotatable bonds is 0. The van der Waals surface area contributed by atoms with Gasteiger partial charge in [-0.25, -0.2) is 0 Å². The van der Waals surface area contributed by atoms with Crippen molar-refractivity contribution in [3.05, 3.63) is 23.1 Å². The largest absolute Gasteiger partial charge is 0.506 e. The molecule has 0 saturated carbocycles. The molecule has 0 unspecified atom stereocenters. The molecule has 1 N–H and O–H groups in total. The van der Waals surface area contributed by atoms with Crippen LogP contribution in [0.1, 0.15) is 5.56 Å². The molecule has 62 valence electrons. The van der Waals surface area contributed by atoms with Gasteiger partial charge in [-0.3, -0.25) is 0 Å². The zero-order chi connectivity index (χ0) is 8.72. The molecule has 0 amide bonds. The molecule has 1 aromatic carbocycles. The second-order valence-electron chi connectivity index (χ2n) is 2.73. The maximum Gasteiger partial charge on any atom is 0.133 e. The van der Waals surface area contributed by atoms with Crippen molar-refractivity contribution >= 4 is 34.1 Å². The molecule has 0 spiro atoms. The third kappa shape index (κ3) is 1.01. The lowest BCUT2D eigenvalue weighted by molar-refractivity contribution is 0.460. The van der Waals surface area contributed by atoms with E-state index in [-0.39, 0.29) is 0 Å². The van der Waals surface area contributed by atoms with Crippen LogP contribution < -0.4 is 0 Å². The number of hydrogen-bond acceptors (Lipinski definition) is 3. The van der Waals surface area contributed by atoms with Crippen molar-refractivity contribution in [2.24, 2.45) is 0 Å². The van der Waals surface area contributed by atoms with Crippen molar-refractivity contribution in [3.63, 3.8) is 0 Å². The number of phenols is 1. The Morgan fingerprint density at radius 1 is 1.50 bits per heavy atom. The second-order valence-corrected chi connectivity index (χ2v) is 4.09. The lowest BCUT2D eigenvalue weighted by atomic mass is 10.2. The van der Waals surface area contributed by atoms with E-state index in [2.05, 4.69) is 12.6 Å². The molecule has 12 heavy (non-hydrogen) atoms. The first kappa shape index (κ1) is 7.95. The predicted molar refractivity (Wildman–Crippen MR) is 55.5 cm³/mol. The van der Waals surface area contributed by atoms with Gasteiger partial charge < -0.3 is 5.11 Å². The van der Waals surface area contributed by atoms with E-state index < -0.39 is 0 Å². The Bertz CT molecular complexity index is 431. The first-order valence-electron chi connectivity index (χ1n) is 3.59. The summed E-state index contributed by atoms with van der Waals surface area (Å²) in [4.78, 5) is 0.694. The Labute approximate surface area is 80.1 Å². The summed E-state index contributed by atoms with van der Waals surface area (Å²) in [6, 6.07) is 4.01. The van der Waals surface area contributed by atoms with Crippen LogP contribution in [0.4, 0.5) is 0 Å². The average molecular weight is 196 g/mol. The molecule has 2 aromatic rings. The van der Waals surface area contributed by atoms with Crippen LogP contribution in [0.3, 0.4) is 0 Å². The lowest BCUT2D eigenvalue weighted by Crippen LogP contribution is -1.76. The van der Waals surface area contributed by atoms with Crippen LogP contribution >= 0.6 is 24.0 Å². The smallest absolute Gasteiger partial charge is 0.133 e. The highest BCUT2D eigenvalue weighted by Crippen LogP contribution is 2.36. The minimum atomic E-state index is 0.299. The van der Waals surface area contributed by atoms with Gasteiger partial charge in [-0.1, -0.05) is 0 Å². The third-order valence-electron chi connectivity index (χ3n) is 1.88. The van der Waals surface area contributed by atoms with E-state index in [0.29, 0.717) is 10.6 Å².